The van der Waals surface area contributed by atoms with E-state index < -0.39 is 12.0 Å². The summed E-state index contributed by atoms with van der Waals surface area (Å²) in [5, 5.41) is 3.23. The van der Waals surface area contributed by atoms with E-state index in [9.17, 15) is 14.4 Å². The third-order valence-electron chi connectivity index (χ3n) is 4.52. The minimum Gasteiger partial charge on any atom is -0.464 e. The van der Waals surface area contributed by atoms with Gasteiger partial charge in [-0.2, -0.15) is 0 Å². The van der Waals surface area contributed by atoms with E-state index in [2.05, 4.69) is 10.3 Å². The maximum absolute atomic E-state index is 12.9. The van der Waals surface area contributed by atoms with Crippen molar-refractivity contribution in [1.82, 2.24) is 9.55 Å². The minimum atomic E-state index is -0.798. The van der Waals surface area contributed by atoms with E-state index in [1.807, 2.05) is 31.2 Å². The normalized spacial score (nSPS) is 12.0. The Labute approximate surface area is 166 Å². The standard InChI is InChI=1S/C20H21N3O4S/c1-5-27-20(26)13(4)23-10-21-18-15(19(23)25)12(3)16(28-18)17(24)22-14-9-7-6-8-11(14)2/h6-10,13H,5H2,1-4H3,(H,22,24). The van der Waals surface area contributed by atoms with E-state index in [0.717, 1.165) is 16.9 Å². The first-order valence-electron chi connectivity index (χ1n) is 8.89. The van der Waals surface area contributed by atoms with Crippen LogP contribution in [0.4, 0.5) is 5.69 Å². The van der Waals surface area contributed by atoms with Crippen molar-refractivity contribution in [2.45, 2.75) is 33.7 Å². The van der Waals surface area contributed by atoms with Crippen molar-refractivity contribution in [1.29, 1.82) is 0 Å². The van der Waals surface area contributed by atoms with E-state index in [1.54, 1.807) is 20.8 Å². The number of anilines is 1. The van der Waals surface area contributed by atoms with Crippen LogP contribution in [0.5, 0.6) is 0 Å². The van der Waals surface area contributed by atoms with Crippen molar-refractivity contribution in [3.05, 3.63) is 57.0 Å². The predicted molar refractivity (Wildman–Crippen MR) is 109 cm³/mol. The number of benzene rings is 1. The Kier molecular flexibility index (Phi) is 5.60. The van der Waals surface area contributed by atoms with Crippen molar-refractivity contribution in [2.24, 2.45) is 0 Å². The molecule has 0 aliphatic rings. The number of carbonyl (C=O) groups is 2. The van der Waals surface area contributed by atoms with E-state index in [-0.39, 0.29) is 18.1 Å². The Morgan fingerprint density at radius 1 is 1.29 bits per heavy atom. The summed E-state index contributed by atoms with van der Waals surface area (Å²) < 4.78 is 6.23. The molecule has 2 heterocycles. The van der Waals surface area contributed by atoms with Crippen LogP contribution in [0, 0.1) is 13.8 Å². The fourth-order valence-electron chi connectivity index (χ4n) is 2.90. The minimum absolute atomic E-state index is 0.230. The van der Waals surface area contributed by atoms with E-state index in [0.29, 0.717) is 26.3 Å². The van der Waals surface area contributed by atoms with E-state index in [4.69, 9.17) is 4.74 Å². The summed E-state index contributed by atoms with van der Waals surface area (Å²) >= 11 is 1.16. The molecule has 2 aromatic heterocycles. The van der Waals surface area contributed by atoms with Gasteiger partial charge in [0.1, 0.15) is 10.9 Å². The summed E-state index contributed by atoms with van der Waals surface area (Å²) in [7, 11) is 0. The van der Waals surface area contributed by atoms with E-state index >= 15 is 0 Å². The average molecular weight is 399 g/mol. The highest BCUT2D eigenvalue weighted by Crippen LogP contribution is 2.28. The van der Waals surface area contributed by atoms with Crippen molar-refractivity contribution >= 4 is 39.1 Å². The summed E-state index contributed by atoms with van der Waals surface area (Å²) in [6.07, 6.45) is 1.32. The topological polar surface area (TPSA) is 90.3 Å². The lowest BCUT2D eigenvalue weighted by Gasteiger charge is -2.13. The molecule has 146 valence electrons. The number of fused-ring (bicyclic) bond motifs is 1. The molecule has 1 unspecified atom stereocenters. The molecule has 7 nitrogen and oxygen atoms in total. The van der Waals surface area contributed by atoms with Gasteiger partial charge in [-0.3, -0.25) is 14.2 Å². The van der Waals surface area contributed by atoms with Gasteiger partial charge in [-0.25, -0.2) is 9.78 Å². The van der Waals surface area contributed by atoms with Crippen molar-refractivity contribution in [2.75, 3.05) is 11.9 Å². The lowest BCUT2D eigenvalue weighted by molar-refractivity contribution is -0.146. The summed E-state index contributed by atoms with van der Waals surface area (Å²) in [6, 6.07) is 6.67. The summed E-state index contributed by atoms with van der Waals surface area (Å²) in [5.41, 5.74) is 1.84. The lowest BCUT2D eigenvalue weighted by atomic mass is 10.1. The fourth-order valence-corrected chi connectivity index (χ4v) is 3.93. The first-order chi connectivity index (χ1) is 13.3. The number of para-hydroxylation sites is 1. The molecule has 0 fully saturated rings. The van der Waals surface area contributed by atoms with Crippen LogP contribution in [0.2, 0.25) is 0 Å². The molecule has 0 bridgehead atoms. The van der Waals surface area contributed by atoms with E-state index in [1.165, 1.54) is 10.9 Å². The Morgan fingerprint density at radius 3 is 2.68 bits per heavy atom. The van der Waals surface area contributed by atoms with Crippen LogP contribution in [-0.4, -0.2) is 28.0 Å². The fraction of sp³-hybridized carbons (Fsp3) is 0.300. The molecule has 1 N–H and O–H groups in total. The number of esters is 1. The molecule has 3 aromatic rings. The van der Waals surface area contributed by atoms with Crippen molar-refractivity contribution < 1.29 is 14.3 Å². The summed E-state index contributed by atoms with van der Waals surface area (Å²) in [4.78, 5) is 42.9. The number of aryl methyl sites for hydroxylation is 2. The predicted octanol–water partition coefficient (Wildman–Crippen LogP) is 3.45. The van der Waals surface area contributed by atoms with Gasteiger partial charge in [0.05, 0.1) is 23.2 Å². The number of nitrogens with zero attached hydrogens (tertiary/aromatic N) is 2. The lowest BCUT2D eigenvalue weighted by Crippen LogP contribution is -2.29. The van der Waals surface area contributed by atoms with Crippen molar-refractivity contribution in [3.8, 4) is 0 Å². The monoisotopic (exact) mass is 399 g/mol. The van der Waals surface area contributed by atoms with Crippen molar-refractivity contribution in [3.63, 3.8) is 0 Å². The zero-order valence-corrected chi connectivity index (χ0v) is 16.9. The maximum Gasteiger partial charge on any atom is 0.328 e. The molecule has 1 atom stereocenters. The number of carbonyl (C=O) groups excluding carboxylic acids is 2. The molecule has 28 heavy (non-hydrogen) atoms. The van der Waals surface area contributed by atoms with Gasteiger partial charge in [-0.05, 0) is 44.9 Å². The zero-order chi connectivity index (χ0) is 20.4. The number of ether oxygens (including phenoxy) is 1. The van der Waals surface area contributed by atoms with Crippen LogP contribution in [0.15, 0.2) is 35.4 Å². The Bertz CT molecular complexity index is 1120. The Balaban J connectivity index is 2.01. The number of rotatable bonds is 5. The van der Waals surface area contributed by atoms with Gasteiger partial charge in [0.2, 0.25) is 0 Å². The molecule has 1 amide bonds. The quantitative estimate of drug-likeness (QED) is 0.664. The molecule has 0 saturated carbocycles. The maximum atomic E-state index is 12.9. The molecule has 0 radical (unpaired) electrons. The molecule has 8 heteroatoms. The van der Waals surface area contributed by atoms with Crippen LogP contribution < -0.4 is 10.9 Å². The number of amides is 1. The van der Waals surface area contributed by atoms with Gasteiger partial charge in [0.15, 0.2) is 0 Å². The Morgan fingerprint density at radius 2 is 2.00 bits per heavy atom. The molecule has 0 spiro atoms. The van der Waals surface area contributed by atoms with Crippen LogP contribution in [-0.2, 0) is 9.53 Å². The molecular weight excluding hydrogens is 378 g/mol. The molecule has 0 aliphatic heterocycles. The third-order valence-corrected chi connectivity index (χ3v) is 5.72. The number of aromatic nitrogens is 2. The highest BCUT2D eigenvalue weighted by Gasteiger charge is 2.23. The SMILES string of the molecule is CCOC(=O)C(C)n1cnc2sc(C(=O)Nc3ccccc3C)c(C)c2c1=O. The molecule has 0 aliphatic carbocycles. The second-order valence-corrected chi connectivity index (χ2v) is 7.39. The summed E-state index contributed by atoms with van der Waals surface area (Å²) in [6.45, 7) is 7.14. The van der Waals surface area contributed by atoms with Gasteiger partial charge in [0, 0.05) is 5.69 Å². The number of thiophene rings is 1. The van der Waals surface area contributed by atoms with Gasteiger partial charge in [-0.15, -0.1) is 11.3 Å². The van der Waals surface area contributed by atoms with Gasteiger partial charge < -0.3 is 10.1 Å². The van der Waals surface area contributed by atoms with Crippen LogP contribution in [0.25, 0.3) is 10.2 Å². The van der Waals surface area contributed by atoms with Crippen LogP contribution >= 0.6 is 11.3 Å². The van der Waals surface area contributed by atoms with Crippen LogP contribution in [0.3, 0.4) is 0 Å². The van der Waals surface area contributed by atoms with Gasteiger partial charge in [-0.1, -0.05) is 18.2 Å². The second kappa shape index (κ2) is 7.93. The zero-order valence-electron chi connectivity index (χ0n) is 16.1. The summed E-state index contributed by atoms with van der Waals surface area (Å²) in [5.74, 6) is -0.796. The average Bonchev–Trinajstić information content (AvgIpc) is 3.01. The molecule has 1 aromatic carbocycles. The molecule has 0 saturated heterocycles. The number of hydrogen-bond donors (Lipinski definition) is 1. The van der Waals surface area contributed by atoms with Gasteiger partial charge >= 0.3 is 5.97 Å². The first-order valence-corrected chi connectivity index (χ1v) is 9.70. The third kappa shape index (κ3) is 3.55. The first kappa shape index (κ1) is 19.8. The highest BCUT2D eigenvalue weighted by atomic mass is 32.1. The van der Waals surface area contributed by atoms with Crippen LogP contribution in [0.1, 0.15) is 40.7 Å². The van der Waals surface area contributed by atoms with Gasteiger partial charge in [0.25, 0.3) is 11.5 Å². The molecular formula is C20H21N3O4S. The molecule has 3 rings (SSSR count). The largest absolute Gasteiger partial charge is 0.464 e. The number of nitrogens with one attached hydrogen (secondary N) is 1. The Hall–Kier alpha value is -3.00. The second-order valence-electron chi connectivity index (χ2n) is 6.39. The number of hydrogen-bond acceptors (Lipinski definition) is 6. The highest BCUT2D eigenvalue weighted by molar-refractivity contribution is 7.20. The smallest absolute Gasteiger partial charge is 0.328 e.